The normalized spacial score (nSPS) is 10.7. The lowest BCUT2D eigenvalue weighted by atomic mass is 10.1. The summed E-state index contributed by atoms with van der Waals surface area (Å²) < 4.78 is 5.53. The van der Waals surface area contributed by atoms with Crippen molar-refractivity contribution in [2.75, 3.05) is 0 Å². The number of oxazole rings is 1. The largest absolute Gasteiger partial charge is 0.448 e. The Hall–Kier alpha value is -2.06. The monoisotopic (exact) mass is 283 g/mol. The van der Waals surface area contributed by atoms with E-state index in [-0.39, 0.29) is 0 Å². The number of rotatable bonds is 4. The highest BCUT2D eigenvalue weighted by molar-refractivity contribution is 6.30. The lowest BCUT2D eigenvalue weighted by Crippen LogP contribution is -1.91. The number of halogens is 1. The highest BCUT2D eigenvalue weighted by atomic mass is 35.5. The third-order valence-electron chi connectivity index (χ3n) is 3.10. The predicted octanol–water partition coefficient (Wildman–Crippen LogP) is 4.51. The Labute approximate surface area is 123 Å². The lowest BCUT2D eigenvalue weighted by molar-refractivity contribution is 0.506. The Bertz CT molecular complexity index is 674. The van der Waals surface area contributed by atoms with Crippen LogP contribution in [0.25, 0.3) is 0 Å². The first-order valence-electron chi connectivity index (χ1n) is 6.51. The molecule has 1 aromatic heterocycles. The minimum absolute atomic E-state index is 0.724. The molecule has 0 N–H and O–H groups in total. The minimum atomic E-state index is 0.724. The number of benzene rings is 2. The molecule has 0 aliphatic carbocycles. The van der Waals surface area contributed by atoms with Gasteiger partial charge in [-0.25, -0.2) is 4.98 Å². The van der Waals surface area contributed by atoms with E-state index >= 15 is 0 Å². The van der Waals surface area contributed by atoms with Crippen LogP contribution < -0.4 is 0 Å². The zero-order chi connectivity index (χ0) is 13.8. The molecule has 0 radical (unpaired) electrons. The molecule has 3 aromatic rings. The number of nitrogens with zero attached hydrogens (tertiary/aromatic N) is 1. The molecule has 0 saturated carbocycles. The van der Waals surface area contributed by atoms with Gasteiger partial charge in [-0.15, -0.1) is 0 Å². The number of hydrogen-bond donors (Lipinski definition) is 0. The second kappa shape index (κ2) is 5.93. The quantitative estimate of drug-likeness (QED) is 0.704. The molecule has 3 heteroatoms. The van der Waals surface area contributed by atoms with Gasteiger partial charge in [0.15, 0.2) is 5.89 Å². The van der Waals surface area contributed by atoms with Crippen molar-refractivity contribution in [3.8, 4) is 0 Å². The van der Waals surface area contributed by atoms with Gasteiger partial charge in [-0.3, -0.25) is 0 Å². The molecule has 100 valence electrons. The van der Waals surface area contributed by atoms with Gasteiger partial charge in [0, 0.05) is 17.9 Å². The van der Waals surface area contributed by atoms with Gasteiger partial charge in [0.1, 0.15) is 6.26 Å². The zero-order valence-electron chi connectivity index (χ0n) is 10.9. The van der Waals surface area contributed by atoms with E-state index < -0.39 is 0 Å². The third kappa shape index (κ3) is 3.28. The van der Waals surface area contributed by atoms with Crippen molar-refractivity contribution in [3.05, 3.63) is 88.6 Å². The van der Waals surface area contributed by atoms with Crippen LogP contribution in [0.1, 0.15) is 22.7 Å². The first-order valence-corrected chi connectivity index (χ1v) is 6.89. The van der Waals surface area contributed by atoms with Crippen molar-refractivity contribution in [3.63, 3.8) is 0 Å². The Kier molecular flexibility index (Phi) is 3.84. The van der Waals surface area contributed by atoms with Gasteiger partial charge < -0.3 is 4.42 Å². The molecule has 3 rings (SSSR count). The van der Waals surface area contributed by atoms with Crippen LogP contribution >= 0.6 is 11.6 Å². The molecule has 0 saturated heterocycles. The SMILES string of the molecule is Clc1ccc(Cc2coc(Cc3ccccc3)n2)cc1. The van der Waals surface area contributed by atoms with Crippen LogP contribution in [0.3, 0.4) is 0 Å². The molecule has 0 spiro atoms. The third-order valence-corrected chi connectivity index (χ3v) is 3.35. The van der Waals surface area contributed by atoms with Crippen molar-refractivity contribution in [2.24, 2.45) is 0 Å². The van der Waals surface area contributed by atoms with Gasteiger partial charge >= 0.3 is 0 Å². The van der Waals surface area contributed by atoms with Crippen LogP contribution in [-0.4, -0.2) is 4.98 Å². The van der Waals surface area contributed by atoms with Crippen molar-refractivity contribution >= 4 is 11.6 Å². The molecule has 0 bridgehead atoms. The van der Waals surface area contributed by atoms with E-state index in [1.807, 2.05) is 42.5 Å². The smallest absolute Gasteiger partial charge is 0.198 e. The van der Waals surface area contributed by atoms with Gasteiger partial charge in [0.2, 0.25) is 0 Å². The molecule has 0 atom stereocenters. The molecule has 20 heavy (non-hydrogen) atoms. The van der Waals surface area contributed by atoms with Gasteiger partial charge in [-0.2, -0.15) is 0 Å². The van der Waals surface area contributed by atoms with Crippen molar-refractivity contribution in [1.82, 2.24) is 4.98 Å². The summed E-state index contributed by atoms with van der Waals surface area (Å²) in [7, 11) is 0. The maximum absolute atomic E-state index is 5.87. The van der Waals surface area contributed by atoms with Crippen LogP contribution in [-0.2, 0) is 12.8 Å². The maximum atomic E-state index is 5.87. The summed E-state index contributed by atoms with van der Waals surface area (Å²) in [6.45, 7) is 0. The predicted molar refractivity (Wildman–Crippen MR) is 80.0 cm³/mol. The number of aromatic nitrogens is 1. The van der Waals surface area contributed by atoms with Crippen LogP contribution in [0.5, 0.6) is 0 Å². The van der Waals surface area contributed by atoms with E-state index in [9.17, 15) is 0 Å². The second-order valence-electron chi connectivity index (χ2n) is 4.70. The Balaban J connectivity index is 1.69. The minimum Gasteiger partial charge on any atom is -0.448 e. The second-order valence-corrected chi connectivity index (χ2v) is 5.13. The van der Waals surface area contributed by atoms with Crippen molar-refractivity contribution in [2.45, 2.75) is 12.8 Å². The molecule has 1 heterocycles. The van der Waals surface area contributed by atoms with Crippen molar-refractivity contribution < 1.29 is 4.42 Å². The summed E-state index contributed by atoms with van der Waals surface area (Å²) in [5.74, 6) is 0.750. The van der Waals surface area contributed by atoms with Crippen LogP contribution in [0.15, 0.2) is 65.3 Å². The van der Waals surface area contributed by atoms with Gasteiger partial charge in [0.25, 0.3) is 0 Å². The van der Waals surface area contributed by atoms with E-state index in [0.29, 0.717) is 0 Å². The van der Waals surface area contributed by atoms with Gasteiger partial charge in [-0.1, -0.05) is 54.1 Å². The van der Waals surface area contributed by atoms with Crippen molar-refractivity contribution in [1.29, 1.82) is 0 Å². The Morgan fingerprint density at radius 3 is 2.30 bits per heavy atom. The topological polar surface area (TPSA) is 26.0 Å². The lowest BCUT2D eigenvalue weighted by Gasteiger charge is -1.97. The molecule has 0 fully saturated rings. The average Bonchev–Trinajstić information content (AvgIpc) is 2.90. The fraction of sp³-hybridized carbons (Fsp3) is 0.118. The van der Waals surface area contributed by atoms with E-state index in [1.54, 1.807) is 6.26 Å². The van der Waals surface area contributed by atoms with Crippen LogP contribution in [0.2, 0.25) is 5.02 Å². The van der Waals surface area contributed by atoms with Gasteiger partial charge in [-0.05, 0) is 23.3 Å². The van der Waals surface area contributed by atoms with E-state index in [2.05, 4.69) is 17.1 Å². The van der Waals surface area contributed by atoms with Crippen LogP contribution in [0, 0.1) is 0 Å². The fourth-order valence-corrected chi connectivity index (χ4v) is 2.22. The summed E-state index contributed by atoms with van der Waals surface area (Å²) >= 11 is 5.87. The highest BCUT2D eigenvalue weighted by Crippen LogP contribution is 2.15. The van der Waals surface area contributed by atoms with E-state index in [1.165, 1.54) is 11.1 Å². The highest BCUT2D eigenvalue weighted by Gasteiger charge is 2.06. The first kappa shape index (κ1) is 12.9. The fourth-order valence-electron chi connectivity index (χ4n) is 2.09. The van der Waals surface area contributed by atoms with E-state index in [0.717, 1.165) is 29.4 Å². The van der Waals surface area contributed by atoms with Crippen LogP contribution in [0.4, 0.5) is 0 Å². The zero-order valence-corrected chi connectivity index (χ0v) is 11.7. The summed E-state index contributed by atoms with van der Waals surface area (Å²) in [4.78, 5) is 4.52. The molecule has 0 aliphatic rings. The Morgan fingerprint density at radius 2 is 1.55 bits per heavy atom. The maximum Gasteiger partial charge on any atom is 0.198 e. The summed E-state index contributed by atoms with van der Waals surface area (Å²) in [6, 6.07) is 18.0. The van der Waals surface area contributed by atoms with Gasteiger partial charge in [0.05, 0.1) is 5.69 Å². The standard InChI is InChI=1S/C17H14ClNO/c18-15-8-6-14(7-9-15)10-16-12-20-17(19-16)11-13-4-2-1-3-5-13/h1-9,12H,10-11H2. The number of hydrogen-bond acceptors (Lipinski definition) is 2. The molecule has 2 aromatic carbocycles. The molecule has 0 unspecified atom stereocenters. The molecule has 2 nitrogen and oxygen atoms in total. The molecular weight excluding hydrogens is 270 g/mol. The summed E-state index contributed by atoms with van der Waals surface area (Å²) in [6.07, 6.45) is 3.21. The first-order chi connectivity index (χ1) is 9.79. The molecular formula is C17H14ClNO. The molecule has 0 amide bonds. The Morgan fingerprint density at radius 1 is 0.850 bits per heavy atom. The van der Waals surface area contributed by atoms with E-state index in [4.69, 9.17) is 16.0 Å². The summed E-state index contributed by atoms with van der Waals surface area (Å²) in [5, 5.41) is 0.749. The molecule has 0 aliphatic heterocycles. The average molecular weight is 284 g/mol. The summed E-state index contributed by atoms with van der Waals surface area (Å²) in [5.41, 5.74) is 3.32.